The molecule has 0 spiro atoms. The van der Waals surface area contributed by atoms with Crippen molar-refractivity contribution in [1.29, 1.82) is 0 Å². The maximum atomic E-state index is 3.57. The summed E-state index contributed by atoms with van der Waals surface area (Å²) in [5.74, 6) is 0. The van der Waals surface area contributed by atoms with Gasteiger partial charge in [0.2, 0.25) is 0 Å². The number of benzene rings is 5. The molecule has 5 aromatic carbocycles. The molecule has 4 heteroatoms. The van der Waals surface area contributed by atoms with Crippen molar-refractivity contribution >= 4 is 17.1 Å². The highest BCUT2D eigenvalue weighted by atomic mass is 15.3. The molecule has 4 nitrogen and oxygen atoms in total. The van der Waals surface area contributed by atoms with Gasteiger partial charge in [-0.15, -0.1) is 0 Å². The fourth-order valence-corrected chi connectivity index (χ4v) is 5.31. The topological polar surface area (TPSA) is 21.8 Å². The summed E-state index contributed by atoms with van der Waals surface area (Å²) in [7, 11) is 0. The van der Waals surface area contributed by atoms with Crippen molar-refractivity contribution in [1.82, 2.24) is 4.90 Å². The second kappa shape index (κ2) is 16.0. The Morgan fingerprint density at radius 1 is 0.429 bits per heavy atom. The molecule has 42 heavy (non-hydrogen) atoms. The van der Waals surface area contributed by atoms with E-state index < -0.39 is 0 Å². The van der Waals surface area contributed by atoms with E-state index in [1.54, 1.807) is 0 Å². The summed E-state index contributed by atoms with van der Waals surface area (Å²) in [5.41, 5.74) is 6.37. The van der Waals surface area contributed by atoms with Gasteiger partial charge in [0.25, 0.3) is 0 Å². The summed E-state index contributed by atoms with van der Waals surface area (Å²) in [6.07, 6.45) is 1.06. The molecule has 0 aliphatic rings. The molecule has 0 heterocycles. The van der Waals surface area contributed by atoms with Gasteiger partial charge in [-0.1, -0.05) is 115 Å². The average Bonchev–Trinajstić information content (AvgIpc) is 3.06. The fraction of sp³-hybridized carbons (Fsp3) is 0.211. The zero-order valence-corrected chi connectivity index (χ0v) is 24.4. The van der Waals surface area contributed by atoms with Gasteiger partial charge < -0.3 is 15.1 Å². The lowest BCUT2D eigenvalue weighted by molar-refractivity contribution is 0.255. The van der Waals surface area contributed by atoms with Crippen molar-refractivity contribution in [3.63, 3.8) is 0 Å². The summed E-state index contributed by atoms with van der Waals surface area (Å²) >= 11 is 0. The van der Waals surface area contributed by atoms with Crippen molar-refractivity contribution in [2.24, 2.45) is 0 Å². The predicted molar refractivity (Wildman–Crippen MR) is 179 cm³/mol. The SMILES string of the molecule is c1ccc(CN(Cc2ccccc2)CN(CCN(CCCNc2ccccc2)c2ccccc2)c2ccccc2)cc1. The summed E-state index contributed by atoms with van der Waals surface area (Å²) in [4.78, 5) is 7.61. The highest BCUT2D eigenvalue weighted by Gasteiger charge is 2.16. The molecule has 0 bridgehead atoms. The van der Waals surface area contributed by atoms with Gasteiger partial charge in [-0.25, -0.2) is 0 Å². The molecule has 5 aromatic rings. The monoisotopic (exact) mass is 554 g/mol. The maximum absolute atomic E-state index is 3.57. The quantitative estimate of drug-likeness (QED) is 0.0981. The number of rotatable bonds is 16. The van der Waals surface area contributed by atoms with Crippen molar-refractivity contribution in [3.05, 3.63) is 163 Å². The second-order valence-corrected chi connectivity index (χ2v) is 10.7. The maximum Gasteiger partial charge on any atom is 0.0713 e. The second-order valence-electron chi connectivity index (χ2n) is 10.7. The Bertz CT molecular complexity index is 1360. The number of nitrogens with zero attached hydrogens (tertiary/aromatic N) is 3. The van der Waals surface area contributed by atoms with E-state index in [2.05, 4.69) is 172 Å². The molecule has 0 radical (unpaired) electrons. The lowest BCUT2D eigenvalue weighted by atomic mass is 10.1. The lowest BCUT2D eigenvalue weighted by Gasteiger charge is -2.35. The number of nitrogens with one attached hydrogen (secondary N) is 1. The molecule has 5 rings (SSSR count). The van der Waals surface area contributed by atoms with Gasteiger partial charge in [-0.3, -0.25) is 4.90 Å². The Balaban J connectivity index is 1.30. The van der Waals surface area contributed by atoms with E-state index in [0.717, 1.165) is 52.4 Å². The van der Waals surface area contributed by atoms with E-state index in [9.17, 15) is 0 Å². The van der Waals surface area contributed by atoms with Crippen LogP contribution in [-0.2, 0) is 13.1 Å². The first-order valence-electron chi connectivity index (χ1n) is 15.0. The summed E-state index contributed by atoms with van der Waals surface area (Å²) < 4.78 is 0. The first-order chi connectivity index (χ1) is 20.8. The van der Waals surface area contributed by atoms with E-state index in [1.807, 2.05) is 0 Å². The van der Waals surface area contributed by atoms with Crippen LogP contribution in [-0.4, -0.2) is 37.7 Å². The van der Waals surface area contributed by atoms with Gasteiger partial charge >= 0.3 is 0 Å². The number of anilines is 3. The van der Waals surface area contributed by atoms with E-state index in [1.165, 1.54) is 28.2 Å². The molecule has 0 saturated heterocycles. The van der Waals surface area contributed by atoms with E-state index in [0.29, 0.717) is 0 Å². The molecule has 214 valence electrons. The Morgan fingerprint density at radius 3 is 1.38 bits per heavy atom. The molecule has 0 fully saturated rings. The summed E-state index contributed by atoms with van der Waals surface area (Å²) in [6.45, 7) is 6.42. The average molecular weight is 555 g/mol. The van der Waals surface area contributed by atoms with Crippen molar-refractivity contribution < 1.29 is 0 Å². The normalized spacial score (nSPS) is 10.9. The summed E-state index contributed by atoms with van der Waals surface area (Å²) in [5, 5.41) is 3.57. The minimum absolute atomic E-state index is 0.839. The Morgan fingerprint density at radius 2 is 0.857 bits per heavy atom. The fourth-order valence-electron chi connectivity index (χ4n) is 5.31. The Hall–Kier alpha value is -4.54. The predicted octanol–water partition coefficient (Wildman–Crippen LogP) is 8.16. The molecule has 0 aliphatic heterocycles. The van der Waals surface area contributed by atoms with Gasteiger partial charge in [0, 0.05) is 56.3 Å². The van der Waals surface area contributed by atoms with Crippen LogP contribution in [0, 0.1) is 0 Å². The van der Waals surface area contributed by atoms with Crippen molar-refractivity contribution in [2.45, 2.75) is 19.5 Å². The van der Waals surface area contributed by atoms with Crippen LogP contribution < -0.4 is 15.1 Å². The summed E-state index contributed by atoms with van der Waals surface area (Å²) in [6, 6.07) is 53.8. The van der Waals surface area contributed by atoms with E-state index >= 15 is 0 Å². The molecular formula is C38H42N4. The molecule has 0 aromatic heterocycles. The zero-order chi connectivity index (χ0) is 28.7. The molecule has 0 saturated carbocycles. The van der Waals surface area contributed by atoms with Crippen molar-refractivity contribution in [3.8, 4) is 0 Å². The van der Waals surface area contributed by atoms with Gasteiger partial charge in [0.05, 0.1) is 6.67 Å². The highest BCUT2D eigenvalue weighted by Crippen LogP contribution is 2.19. The van der Waals surface area contributed by atoms with Crippen LogP contribution in [0.15, 0.2) is 152 Å². The van der Waals surface area contributed by atoms with E-state index in [-0.39, 0.29) is 0 Å². The first kappa shape index (κ1) is 29.0. The Kier molecular flexibility index (Phi) is 11.1. The minimum Gasteiger partial charge on any atom is -0.385 e. The van der Waals surface area contributed by atoms with Crippen LogP contribution in [0.2, 0.25) is 0 Å². The number of hydrogen-bond acceptors (Lipinski definition) is 4. The first-order valence-corrected chi connectivity index (χ1v) is 15.0. The third kappa shape index (κ3) is 9.25. The smallest absolute Gasteiger partial charge is 0.0713 e. The number of hydrogen-bond donors (Lipinski definition) is 1. The molecule has 1 N–H and O–H groups in total. The lowest BCUT2D eigenvalue weighted by Crippen LogP contribution is -2.42. The molecule has 0 atom stereocenters. The third-order valence-corrected chi connectivity index (χ3v) is 7.46. The molecule has 0 aliphatic carbocycles. The van der Waals surface area contributed by atoms with Crippen LogP contribution in [0.4, 0.5) is 17.1 Å². The standard InChI is InChI=1S/C38H42N4/c1-6-17-34(18-7-1)31-40(32-35-19-8-2-9-20-35)33-42(38-25-14-5-15-26-38)30-29-41(37-23-12-4-13-24-37)28-16-27-39-36-21-10-3-11-22-36/h1-15,17-26,39H,16,27-33H2. The van der Waals surface area contributed by atoms with Gasteiger partial charge in [-0.2, -0.15) is 0 Å². The molecule has 0 unspecified atom stereocenters. The van der Waals surface area contributed by atoms with Gasteiger partial charge in [0.15, 0.2) is 0 Å². The Labute approximate surface area is 251 Å². The van der Waals surface area contributed by atoms with Crippen LogP contribution in [0.3, 0.4) is 0 Å². The third-order valence-electron chi connectivity index (χ3n) is 7.46. The van der Waals surface area contributed by atoms with Crippen LogP contribution in [0.25, 0.3) is 0 Å². The van der Waals surface area contributed by atoms with Crippen LogP contribution in [0.5, 0.6) is 0 Å². The van der Waals surface area contributed by atoms with E-state index in [4.69, 9.17) is 0 Å². The van der Waals surface area contributed by atoms with Gasteiger partial charge in [-0.05, 0) is 53.9 Å². The largest absolute Gasteiger partial charge is 0.385 e. The van der Waals surface area contributed by atoms with Crippen LogP contribution in [0.1, 0.15) is 17.5 Å². The van der Waals surface area contributed by atoms with Crippen LogP contribution >= 0.6 is 0 Å². The van der Waals surface area contributed by atoms with Crippen molar-refractivity contribution in [2.75, 3.05) is 48.0 Å². The highest BCUT2D eigenvalue weighted by molar-refractivity contribution is 5.49. The molecular weight excluding hydrogens is 512 g/mol. The zero-order valence-electron chi connectivity index (χ0n) is 24.4. The van der Waals surface area contributed by atoms with Gasteiger partial charge in [0.1, 0.15) is 0 Å². The molecule has 0 amide bonds. The minimum atomic E-state index is 0.839. The number of para-hydroxylation sites is 3.